The van der Waals surface area contributed by atoms with E-state index in [2.05, 4.69) is 47.7 Å². The fourth-order valence-corrected chi connectivity index (χ4v) is 7.20. The molecule has 0 radical (unpaired) electrons. The number of hydrogen-bond acceptors (Lipinski definition) is 12. The normalized spacial score (nSPS) is 17.4. The molecule has 194 valence electrons. The molecular weight excluding hydrogens is 608 g/mol. The summed E-state index contributed by atoms with van der Waals surface area (Å²) in [6.45, 7) is 1.97. The third kappa shape index (κ3) is 5.24. The van der Waals surface area contributed by atoms with Crippen LogP contribution in [0.25, 0.3) is 0 Å². The Hall–Kier alpha value is -3.12. The third-order valence-corrected chi connectivity index (χ3v) is 9.54. The Morgan fingerprint density at radius 2 is 2.13 bits per heavy atom. The van der Waals surface area contributed by atoms with Gasteiger partial charge in [-0.15, -0.1) is 20.4 Å². The van der Waals surface area contributed by atoms with E-state index in [0.717, 1.165) is 27.2 Å². The molecule has 3 N–H and O–H groups in total. The number of carbonyl (C=O) groups excluding carboxylic acids is 2. The lowest BCUT2D eigenvalue weighted by Gasteiger charge is -2.38. The molecule has 2 aliphatic rings. The number of benzene rings is 1. The van der Waals surface area contributed by atoms with E-state index in [1.807, 2.05) is 31.2 Å². The number of anilines is 2. The minimum Gasteiger partial charge on any atom is -0.384 e. The number of nitriles is 1. The average molecular weight is 630 g/mol. The minimum atomic E-state index is -0.546. The first-order valence-electron chi connectivity index (χ1n) is 11.7. The molecule has 38 heavy (non-hydrogen) atoms. The van der Waals surface area contributed by atoms with Gasteiger partial charge in [0.05, 0.1) is 23.3 Å². The summed E-state index contributed by atoms with van der Waals surface area (Å²) in [4.78, 5) is 27.3. The molecule has 0 spiro atoms. The monoisotopic (exact) mass is 628 g/mol. The molecule has 1 unspecified atom stereocenters. The smallest absolute Gasteiger partial charge is 0.236 e. The van der Waals surface area contributed by atoms with Crippen molar-refractivity contribution in [2.24, 2.45) is 5.73 Å². The molecule has 1 aliphatic heterocycles. The first-order chi connectivity index (χ1) is 18.4. The molecule has 0 fully saturated rings. The maximum absolute atomic E-state index is 13.2. The highest BCUT2D eigenvalue weighted by Gasteiger charge is 2.41. The van der Waals surface area contributed by atoms with E-state index in [9.17, 15) is 14.9 Å². The first kappa shape index (κ1) is 26.5. The fourth-order valence-electron chi connectivity index (χ4n) is 4.41. The molecule has 0 saturated heterocycles. The first-order valence-corrected chi connectivity index (χ1v) is 15.1. The molecule has 0 bridgehead atoms. The van der Waals surface area contributed by atoms with Crippen molar-refractivity contribution in [3.63, 3.8) is 0 Å². The molecule has 3 heterocycles. The Labute approximate surface area is 239 Å². The highest BCUT2D eigenvalue weighted by Crippen LogP contribution is 2.47. The second-order valence-electron chi connectivity index (χ2n) is 8.41. The Morgan fingerprint density at radius 3 is 2.87 bits per heavy atom. The van der Waals surface area contributed by atoms with Gasteiger partial charge in [-0.1, -0.05) is 69.4 Å². The van der Waals surface area contributed by atoms with Gasteiger partial charge in [0.1, 0.15) is 10.8 Å². The quantitative estimate of drug-likeness (QED) is 0.351. The van der Waals surface area contributed by atoms with E-state index < -0.39 is 5.92 Å². The highest BCUT2D eigenvalue weighted by atomic mass is 79.9. The molecule has 5 rings (SSSR count). The van der Waals surface area contributed by atoms with Crippen molar-refractivity contribution in [2.75, 3.05) is 16.0 Å². The number of nitrogens with one attached hydrogen (secondary N) is 1. The summed E-state index contributed by atoms with van der Waals surface area (Å²) in [7, 11) is 0. The Morgan fingerprint density at radius 1 is 1.29 bits per heavy atom. The van der Waals surface area contributed by atoms with Crippen molar-refractivity contribution in [1.82, 2.24) is 20.4 Å². The van der Waals surface area contributed by atoms with Crippen molar-refractivity contribution < 1.29 is 9.59 Å². The van der Waals surface area contributed by atoms with Gasteiger partial charge < -0.3 is 5.73 Å². The summed E-state index contributed by atoms with van der Waals surface area (Å²) in [5, 5.41) is 31.1. The number of nitrogens with zero attached hydrogens (tertiary/aromatic N) is 6. The number of amides is 1. The second-order valence-corrected chi connectivity index (χ2v) is 12.6. The summed E-state index contributed by atoms with van der Waals surface area (Å²) in [5.74, 6) is -0.425. The van der Waals surface area contributed by atoms with Crippen LogP contribution < -0.4 is 16.0 Å². The molecule has 3 aromatic rings. The van der Waals surface area contributed by atoms with Gasteiger partial charge in [0.2, 0.25) is 16.2 Å². The molecule has 1 atom stereocenters. The molecule has 0 saturated carbocycles. The summed E-state index contributed by atoms with van der Waals surface area (Å²) >= 11 is 7.32. The molecule has 1 aliphatic carbocycles. The van der Waals surface area contributed by atoms with E-state index in [-0.39, 0.29) is 23.3 Å². The van der Waals surface area contributed by atoms with E-state index >= 15 is 0 Å². The number of hydrogen-bond donors (Lipinski definition) is 2. The van der Waals surface area contributed by atoms with Crippen molar-refractivity contribution in [1.29, 1.82) is 5.26 Å². The number of nitrogens with two attached hydrogens (primary N) is 1. The largest absolute Gasteiger partial charge is 0.384 e. The van der Waals surface area contributed by atoms with Crippen LogP contribution in [0.1, 0.15) is 42.7 Å². The van der Waals surface area contributed by atoms with Gasteiger partial charge in [0.25, 0.3) is 0 Å². The van der Waals surface area contributed by atoms with Crippen LogP contribution in [0.4, 0.5) is 10.3 Å². The van der Waals surface area contributed by atoms with Crippen LogP contribution in [-0.2, 0) is 16.0 Å². The van der Waals surface area contributed by atoms with Gasteiger partial charge in [0.15, 0.2) is 10.1 Å². The number of carbonyl (C=O) groups is 2. The van der Waals surface area contributed by atoms with Crippen LogP contribution in [0.2, 0.25) is 0 Å². The Kier molecular flexibility index (Phi) is 7.89. The lowest BCUT2D eigenvalue weighted by atomic mass is 9.76. The van der Waals surface area contributed by atoms with Crippen LogP contribution in [0, 0.1) is 11.3 Å². The van der Waals surface area contributed by atoms with E-state index in [0.29, 0.717) is 45.0 Å². The Bertz CT molecular complexity index is 1520. The standard InChI is InChI=1S/C24H21BrN8O2S3/c1-2-18-29-30-22(37-18)28-17(35)11-36-24-32-31-23(38-24)33-15-7-4-8-16(34)20(15)19(14(10-26)21(33)27)12-5-3-6-13(25)9-12/h3,5-6,9,19H,2,4,7-8,11,27H2,1H3,(H,28,30,35). The zero-order chi connectivity index (χ0) is 26.8. The number of Topliss-reactive ketones (excluding diaryl/α,β-unsaturated/α-hetero) is 1. The number of allylic oxidation sites excluding steroid dienone is 3. The van der Waals surface area contributed by atoms with Gasteiger partial charge in [-0.25, -0.2) is 0 Å². The van der Waals surface area contributed by atoms with Gasteiger partial charge in [-0.3, -0.25) is 19.8 Å². The molecule has 2 aromatic heterocycles. The van der Waals surface area contributed by atoms with E-state index in [1.54, 1.807) is 4.90 Å². The van der Waals surface area contributed by atoms with E-state index in [4.69, 9.17) is 5.73 Å². The lowest BCUT2D eigenvalue weighted by Crippen LogP contribution is -2.38. The zero-order valence-electron chi connectivity index (χ0n) is 20.1. The number of rotatable bonds is 7. The van der Waals surface area contributed by atoms with E-state index in [1.165, 1.54) is 34.4 Å². The molecular formula is C24H21BrN8O2S3. The lowest BCUT2D eigenvalue weighted by molar-refractivity contribution is -0.116. The van der Waals surface area contributed by atoms with Gasteiger partial charge in [-0.2, -0.15) is 5.26 Å². The maximum atomic E-state index is 13.2. The highest BCUT2D eigenvalue weighted by molar-refractivity contribution is 9.10. The Balaban J connectivity index is 1.41. The van der Waals surface area contributed by atoms with Crippen LogP contribution in [0.5, 0.6) is 0 Å². The van der Waals surface area contributed by atoms with Crippen molar-refractivity contribution in [3.8, 4) is 6.07 Å². The van der Waals surface area contributed by atoms with Gasteiger partial charge >= 0.3 is 0 Å². The zero-order valence-corrected chi connectivity index (χ0v) is 24.1. The topological polar surface area (TPSA) is 151 Å². The van der Waals surface area contributed by atoms with Crippen LogP contribution in [0.15, 0.2) is 55.7 Å². The summed E-state index contributed by atoms with van der Waals surface area (Å²) in [6, 6.07) is 9.83. The second kappa shape index (κ2) is 11.3. The summed E-state index contributed by atoms with van der Waals surface area (Å²) in [5.41, 5.74) is 9.04. The summed E-state index contributed by atoms with van der Waals surface area (Å²) < 4.78 is 1.41. The van der Waals surface area contributed by atoms with Crippen LogP contribution >= 0.6 is 50.4 Å². The van der Waals surface area contributed by atoms with Crippen molar-refractivity contribution >= 4 is 72.3 Å². The number of aryl methyl sites for hydroxylation is 1. The average Bonchev–Trinajstić information content (AvgIpc) is 3.56. The van der Waals surface area contributed by atoms with Crippen molar-refractivity contribution in [3.05, 3.63) is 62.0 Å². The molecule has 1 aromatic carbocycles. The molecule has 1 amide bonds. The molecule has 14 heteroatoms. The van der Waals surface area contributed by atoms with Gasteiger partial charge in [0, 0.05) is 22.2 Å². The predicted molar refractivity (Wildman–Crippen MR) is 151 cm³/mol. The number of aromatic nitrogens is 4. The number of ketones is 1. The number of thioether (sulfide) groups is 1. The fraction of sp³-hybridized carbons (Fsp3) is 0.292. The number of halogens is 1. The third-order valence-electron chi connectivity index (χ3n) is 6.02. The minimum absolute atomic E-state index is 0.000155. The van der Waals surface area contributed by atoms with Crippen molar-refractivity contribution in [2.45, 2.75) is 42.9 Å². The SMILES string of the molecule is CCc1nnc(NC(=O)CSc2nnc(N3C(N)=C(C#N)C(c4cccc(Br)c4)C4=C3CCCC4=O)s2)s1. The van der Waals surface area contributed by atoms with Crippen LogP contribution in [0.3, 0.4) is 0 Å². The maximum Gasteiger partial charge on any atom is 0.236 e. The predicted octanol–water partition coefficient (Wildman–Crippen LogP) is 4.75. The van der Waals surface area contributed by atoms with Gasteiger partial charge in [-0.05, 0) is 37.0 Å². The molecule has 10 nitrogen and oxygen atoms in total. The van der Waals surface area contributed by atoms with Crippen LogP contribution in [-0.4, -0.2) is 37.8 Å². The summed E-state index contributed by atoms with van der Waals surface area (Å²) in [6.07, 6.45) is 2.47.